The minimum absolute atomic E-state index is 0.0921. The summed E-state index contributed by atoms with van der Waals surface area (Å²) in [6, 6.07) is 0. The lowest BCUT2D eigenvalue weighted by atomic mass is 9.96. The second-order valence-corrected chi connectivity index (χ2v) is 13.9. The average Bonchev–Trinajstić information content (AvgIpc) is 2.68. The van der Waals surface area contributed by atoms with Crippen molar-refractivity contribution < 1.29 is 33.7 Å². The summed E-state index contributed by atoms with van der Waals surface area (Å²) < 4.78 is 15.6. The van der Waals surface area contributed by atoms with Crippen molar-refractivity contribution in [3.05, 3.63) is 11.6 Å². The Hall–Kier alpha value is -1.22. The van der Waals surface area contributed by atoms with E-state index in [9.17, 15) is 19.8 Å². The van der Waals surface area contributed by atoms with Crippen LogP contribution in [0.15, 0.2) is 11.6 Å². The lowest BCUT2D eigenvalue weighted by Crippen LogP contribution is -2.50. The van der Waals surface area contributed by atoms with Crippen LogP contribution in [0.25, 0.3) is 0 Å². The molecular formula is C22H42O7Si. The Kier molecular flexibility index (Phi) is 12.7. The first-order chi connectivity index (χ1) is 13.8. The van der Waals surface area contributed by atoms with Gasteiger partial charge in [0.15, 0.2) is 8.32 Å². The fraction of sp³-hybridized carbons (Fsp3) is 0.818. The van der Waals surface area contributed by atoms with Gasteiger partial charge >= 0.3 is 11.9 Å². The Morgan fingerprint density at radius 2 is 1.57 bits per heavy atom. The van der Waals surface area contributed by atoms with E-state index in [1.807, 2.05) is 0 Å². The highest BCUT2D eigenvalue weighted by molar-refractivity contribution is 6.74. The Balaban J connectivity index is 5.67. The number of carbonyl (C=O) groups excluding carboxylic acids is 2. The van der Waals surface area contributed by atoms with Gasteiger partial charge in [-0.3, -0.25) is 0 Å². The Morgan fingerprint density at radius 1 is 1.00 bits per heavy atom. The molecule has 0 aliphatic heterocycles. The number of unbranched alkanes of at least 4 members (excludes halogenated alkanes) is 4. The summed E-state index contributed by atoms with van der Waals surface area (Å²) >= 11 is 0. The van der Waals surface area contributed by atoms with Crippen molar-refractivity contribution in [2.45, 2.75) is 103 Å². The summed E-state index contributed by atoms with van der Waals surface area (Å²) in [6.45, 7) is 12.6. The number of carbonyl (C=O) groups is 2. The van der Waals surface area contributed by atoms with E-state index in [2.05, 4.69) is 50.3 Å². The third-order valence-corrected chi connectivity index (χ3v) is 10.3. The van der Waals surface area contributed by atoms with Crippen molar-refractivity contribution in [1.82, 2.24) is 0 Å². The van der Waals surface area contributed by atoms with Crippen molar-refractivity contribution in [1.29, 1.82) is 0 Å². The SMILES string of the molecule is CCCCCCC[C@H](O[Si](C)(C)C(C)(C)C)[C@@H](O)[C@H](O)C(=CC(=O)OC)C(=O)OC. The number of ether oxygens (including phenoxy) is 2. The number of esters is 2. The Bertz CT molecular complexity index is 566. The number of hydrogen-bond acceptors (Lipinski definition) is 7. The van der Waals surface area contributed by atoms with E-state index in [4.69, 9.17) is 4.43 Å². The molecule has 0 aliphatic carbocycles. The van der Waals surface area contributed by atoms with Crippen LogP contribution in [0.5, 0.6) is 0 Å². The fourth-order valence-electron chi connectivity index (χ4n) is 2.76. The maximum absolute atomic E-state index is 12.1. The van der Waals surface area contributed by atoms with Crippen LogP contribution in [0, 0.1) is 0 Å². The van der Waals surface area contributed by atoms with E-state index in [-0.39, 0.29) is 10.6 Å². The van der Waals surface area contributed by atoms with Crippen LogP contribution in [0.4, 0.5) is 0 Å². The summed E-state index contributed by atoms with van der Waals surface area (Å²) in [5.41, 5.74) is -0.355. The molecule has 3 atom stereocenters. The third-order valence-electron chi connectivity index (χ3n) is 5.76. The highest BCUT2D eigenvalue weighted by Gasteiger charge is 2.42. The van der Waals surface area contributed by atoms with Gasteiger partial charge < -0.3 is 24.1 Å². The highest BCUT2D eigenvalue weighted by Crippen LogP contribution is 2.38. The molecule has 7 nitrogen and oxygen atoms in total. The highest BCUT2D eigenvalue weighted by atomic mass is 28.4. The minimum Gasteiger partial charge on any atom is -0.466 e. The van der Waals surface area contributed by atoms with E-state index >= 15 is 0 Å². The lowest BCUT2D eigenvalue weighted by Gasteiger charge is -2.41. The second-order valence-electron chi connectivity index (χ2n) is 9.17. The summed E-state index contributed by atoms with van der Waals surface area (Å²) in [5.74, 6) is -1.72. The topological polar surface area (TPSA) is 102 Å². The van der Waals surface area contributed by atoms with Crippen molar-refractivity contribution in [3.63, 3.8) is 0 Å². The van der Waals surface area contributed by atoms with Crippen molar-refractivity contribution in [2.24, 2.45) is 0 Å². The predicted molar refractivity (Wildman–Crippen MR) is 120 cm³/mol. The van der Waals surface area contributed by atoms with Crippen molar-refractivity contribution >= 4 is 20.3 Å². The van der Waals surface area contributed by atoms with Crippen LogP contribution in [0.2, 0.25) is 18.1 Å². The summed E-state index contributed by atoms with van der Waals surface area (Å²) in [6.07, 6.45) is 2.89. The molecule has 0 amide bonds. The minimum atomic E-state index is -2.26. The van der Waals surface area contributed by atoms with Crippen LogP contribution in [-0.4, -0.2) is 63.0 Å². The first-order valence-electron chi connectivity index (χ1n) is 10.7. The second kappa shape index (κ2) is 13.2. The normalized spacial score (nSPS) is 16.0. The predicted octanol–water partition coefficient (Wildman–Crippen LogP) is 3.73. The quantitative estimate of drug-likeness (QED) is 0.192. The van der Waals surface area contributed by atoms with Gasteiger partial charge in [-0.25, -0.2) is 9.59 Å². The molecule has 0 aliphatic rings. The first-order valence-corrected chi connectivity index (χ1v) is 13.6. The van der Waals surface area contributed by atoms with Crippen LogP contribution < -0.4 is 0 Å². The van der Waals surface area contributed by atoms with E-state index in [0.717, 1.165) is 52.4 Å². The summed E-state index contributed by atoms with van der Waals surface area (Å²) in [7, 11) is 0.0461. The van der Waals surface area contributed by atoms with E-state index in [1.165, 1.54) is 0 Å². The van der Waals surface area contributed by atoms with E-state index in [1.54, 1.807) is 0 Å². The first kappa shape index (κ1) is 28.8. The molecule has 0 saturated heterocycles. The van der Waals surface area contributed by atoms with Gasteiger partial charge in [0.2, 0.25) is 0 Å². The molecule has 30 heavy (non-hydrogen) atoms. The Labute approximate surface area is 182 Å². The number of methoxy groups -OCH3 is 2. The summed E-state index contributed by atoms with van der Waals surface area (Å²) in [5, 5.41) is 21.6. The monoisotopic (exact) mass is 446 g/mol. The van der Waals surface area contributed by atoms with E-state index in [0.29, 0.717) is 6.42 Å². The van der Waals surface area contributed by atoms with Crippen LogP contribution in [0.3, 0.4) is 0 Å². The van der Waals surface area contributed by atoms with Gasteiger partial charge in [-0.1, -0.05) is 59.8 Å². The smallest absolute Gasteiger partial charge is 0.336 e. The van der Waals surface area contributed by atoms with Crippen molar-refractivity contribution in [2.75, 3.05) is 14.2 Å². The summed E-state index contributed by atoms with van der Waals surface area (Å²) in [4.78, 5) is 23.8. The fourth-order valence-corrected chi connectivity index (χ4v) is 4.13. The molecule has 8 heteroatoms. The largest absolute Gasteiger partial charge is 0.466 e. The molecule has 0 aromatic rings. The molecule has 0 spiro atoms. The van der Waals surface area contributed by atoms with Crippen LogP contribution in [-0.2, 0) is 23.5 Å². The number of hydrogen-bond donors (Lipinski definition) is 2. The molecule has 0 aromatic heterocycles. The molecule has 0 fully saturated rings. The van der Waals surface area contributed by atoms with Gasteiger partial charge in [0.25, 0.3) is 0 Å². The van der Waals surface area contributed by atoms with Gasteiger partial charge in [0.05, 0.1) is 25.9 Å². The molecule has 0 rings (SSSR count). The zero-order valence-corrected chi connectivity index (χ0v) is 21.0. The van der Waals surface area contributed by atoms with Crippen LogP contribution in [0.1, 0.15) is 66.2 Å². The van der Waals surface area contributed by atoms with Gasteiger partial charge in [-0.15, -0.1) is 0 Å². The molecule has 2 N–H and O–H groups in total. The maximum atomic E-state index is 12.1. The third kappa shape index (κ3) is 9.28. The molecule has 176 valence electrons. The standard InChI is InChI=1S/C22H42O7Si/c1-9-10-11-12-13-14-17(29-30(7,8)22(2,3)4)20(25)19(24)16(21(26)28-6)15-18(23)27-5/h15,17,19-20,24-25H,9-14H2,1-8H3/t17-,19+,20+/m0/s1. The van der Waals surface area contributed by atoms with Gasteiger partial charge in [-0.05, 0) is 24.6 Å². The molecule has 0 radical (unpaired) electrons. The van der Waals surface area contributed by atoms with Gasteiger partial charge in [-0.2, -0.15) is 0 Å². The van der Waals surface area contributed by atoms with Gasteiger partial charge in [0, 0.05) is 6.08 Å². The Morgan fingerprint density at radius 3 is 2.03 bits per heavy atom. The molecule has 0 bridgehead atoms. The molecule has 0 heterocycles. The number of aliphatic hydroxyl groups is 2. The maximum Gasteiger partial charge on any atom is 0.336 e. The molecule has 0 saturated carbocycles. The molecule has 0 aromatic carbocycles. The van der Waals surface area contributed by atoms with Crippen LogP contribution >= 0.6 is 0 Å². The number of aliphatic hydroxyl groups excluding tert-OH is 2. The number of rotatable bonds is 13. The van der Waals surface area contributed by atoms with Gasteiger partial charge in [0.1, 0.15) is 12.2 Å². The average molecular weight is 447 g/mol. The zero-order chi connectivity index (χ0) is 23.5. The van der Waals surface area contributed by atoms with Crippen molar-refractivity contribution in [3.8, 4) is 0 Å². The van der Waals surface area contributed by atoms with E-state index < -0.39 is 38.6 Å². The molecular weight excluding hydrogens is 404 g/mol. The lowest BCUT2D eigenvalue weighted by molar-refractivity contribution is -0.141. The molecule has 0 unspecified atom stereocenters. The zero-order valence-electron chi connectivity index (χ0n) is 20.0.